The molecule has 0 bridgehead atoms. The van der Waals surface area contributed by atoms with Crippen LogP contribution in [-0.4, -0.2) is 21.9 Å². The second-order valence-electron chi connectivity index (χ2n) is 2.76. The number of aromatic nitrogens is 2. The van der Waals surface area contributed by atoms with E-state index >= 15 is 0 Å². The van der Waals surface area contributed by atoms with Gasteiger partial charge in [-0.25, -0.2) is 10.8 Å². The molecule has 0 aliphatic carbocycles. The van der Waals surface area contributed by atoms with Crippen LogP contribution in [0.1, 0.15) is 19.0 Å². The fourth-order valence-corrected chi connectivity index (χ4v) is 1.01. The van der Waals surface area contributed by atoms with Gasteiger partial charge in [-0.2, -0.15) is 0 Å². The van der Waals surface area contributed by atoms with E-state index in [-0.39, 0.29) is 0 Å². The molecule has 0 spiro atoms. The van der Waals surface area contributed by atoms with Gasteiger partial charge in [-0.1, -0.05) is 6.92 Å². The first-order valence-electron chi connectivity index (χ1n) is 4.27. The molecule has 0 aliphatic rings. The molecule has 1 rings (SSSR count). The molecule has 0 saturated heterocycles. The zero-order valence-electron chi connectivity index (χ0n) is 7.99. The molecule has 0 radical (unpaired) electrons. The number of hydrogen-bond acceptors (Lipinski definition) is 3. The van der Waals surface area contributed by atoms with Crippen LogP contribution in [0.15, 0.2) is 17.5 Å². The van der Waals surface area contributed by atoms with Gasteiger partial charge in [-0.05, 0) is 6.42 Å². The minimum absolute atomic E-state index is 0.682. The van der Waals surface area contributed by atoms with Crippen molar-refractivity contribution in [3.8, 4) is 0 Å². The largest absolute Gasteiger partial charge is 0.331 e. The number of imidazole rings is 1. The molecule has 0 atom stereocenters. The highest BCUT2D eigenvalue weighted by molar-refractivity contribution is 5.96. The number of nitrogens with zero attached hydrogens (tertiary/aromatic N) is 3. The van der Waals surface area contributed by atoms with Crippen molar-refractivity contribution in [3.05, 3.63) is 18.2 Å². The van der Waals surface area contributed by atoms with E-state index in [2.05, 4.69) is 22.3 Å². The second kappa shape index (κ2) is 4.61. The Morgan fingerprint density at radius 2 is 2.54 bits per heavy atom. The summed E-state index contributed by atoms with van der Waals surface area (Å²) >= 11 is 0. The lowest BCUT2D eigenvalue weighted by Gasteiger charge is -2.05. The Labute approximate surface area is 77.7 Å². The minimum Gasteiger partial charge on any atom is -0.331 e. The van der Waals surface area contributed by atoms with Crippen molar-refractivity contribution in [2.24, 2.45) is 17.9 Å². The predicted octanol–water partition coefficient (Wildman–Crippen LogP) is 0.0400. The maximum Gasteiger partial charge on any atom is 0.161 e. The molecule has 0 fully saturated rings. The van der Waals surface area contributed by atoms with Crippen LogP contribution < -0.4 is 11.3 Å². The summed E-state index contributed by atoms with van der Waals surface area (Å²) in [5.74, 6) is 6.03. The summed E-state index contributed by atoms with van der Waals surface area (Å²) < 4.78 is 1.87. The summed E-state index contributed by atoms with van der Waals surface area (Å²) in [6.07, 6.45) is 4.45. The predicted molar refractivity (Wildman–Crippen MR) is 52.2 cm³/mol. The van der Waals surface area contributed by atoms with Gasteiger partial charge in [0.15, 0.2) is 5.84 Å². The van der Waals surface area contributed by atoms with Crippen LogP contribution in [0.25, 0.3) is 0 Å². The highest BCUT2D eigenvalue weighted by atomic mass is 15.3. The summed E-state index contributed by atoms with van der Waals surface area (Å²) in [4.78, 5) is 8.27. The molecule has 1 aromatic rings. The molecule has 0 amide bonds. The van der Waals surface area contributed by atoms with Crippen LogP contribution in [0.5, 0.6) is 0 Å². The van der Waals surface area contributed by atoms with Crippen LogP contribution in [0.3, 0.4) is 0 Å². The first-order chi connectivity index (χ1) is 6.29. The SMILES string of the molecule is CCCN=C(NN)c1cncn1C. The van der Waals surface area contributed by atoms with Gasteiger partial charge in [0, 0.05) is 13.6 Å². The molecule has 0 aliphatic heterocycles. The van der Waals surface area contributed by atoms with E-state index in [0.29, 0.717) is 5.84 Å². The van der Waals surface area contributed by atoms with E-state index < -0.39 is 0 Å². The van der Waals surface area contributed by atoms with Gasteiger partial charge in [-0.15, -0.1) is 0 Å². The number of rotatable bonds is 3. The highest BCUT2D eigenvalue weighted by Crippen LogP contribution is 1.96. The number of aliphatic imine (C=N–C) groups is 1. The van der Waals surface area contributed by atoms with Crippen molar-refractivity contribution >= 4 is 5.84 Å². The summed E-state index contributed by atoms with van der Waals surface area (Å²) in [7, 11) is 1.90. The Bertz CT molecular complexity index is 288. The molecular weight excluding hydrogens is 166 g/mol. The molecule has 0 saturated carbocycles. The van der Waals surface area contributed by atoms with Crippen LogP contribution >= 0.6 is 0 Å². The summed E-state index contributed by atoms with van der Waals surface area (Å²) in [6.45, 7) is 2.84. The molecular formula is C8H15N5. The van der Waals surface area contributed by atoms with E-state index in [9.17, 15) is 0 Å². The third-order valence-electron chi connectivity index (χ3n) is 1.69. The zero-order valence-corrected chi connectivity index (χ0v) is 7.99. The zero-order chi connectivity index (χ0) is 9.68. The van der Waals surface area contributed by atoms with Gasteiger partial charge in [0.2, 0.25) is 0 Å². The standard InChI is InChI=1S/C8H15N5/c1-3-4-11-8(12-9)7-5-10-6-13(7)2/h5-6H,3-4,9H2,1-2H3,(H,11,12). The molecule has 5 heteroatoms. The number of nitrogens with one attached hydrogen (secondary N) is 1. The molecule has 1 heterocycles. The fraction of sp³-hybridized carbons (Fsp3) is 0.500. The van der Waals surface area contributed by atoms with E-state index in [1.165, 1.54) is 0 Å². The van der Waals surface area contributed by atoms with Crippen LogP contribution in [0.4, 0.5) is 0 Å². The molecule has 72 valence electrons. The summed E-state index contributed by atoms with van der Waals surface area (Å²) in [5.41, 5.74) is 3.47. The molecule has 5 nitrogen and oxygen atoms in total. The normalized spacial score (nSPS) is 11.8. The fourth-order valence-electron chi connectivity index (χ4n) is 1.01. The van der Waals surface area contributed by atoms with E-state index in [1.54, 1.807) is 12.5 Å². The van der Waals surface area contributed by atoms with Crippen molar-refractivity contribution in [1.29, 1.82) is 0 Å². The monoisotopic (exact) mass is 181 g/mol. The Hall–Kier alpha value is -1.36. The van der Waals surface area contributed by atoms with E-state index in [4.69, 9.17) is 5.84 Å². The minimum atomic E-state index is 0.682. The lowest BCUT2D eigenvalue weighted by molar-refractivity contribution is 0.864. The molecule has 0 unspecified atom stereocenters. The number of nitrogens with two attached hydrogens (primary N) is 1. The van der Waals surface area contributed by atoms with E-state index in [1.807, 2.05) is 11.6 Å². The van der Waals surface area contributed by atoms with Crippen molar-refractivity contribution in [2.75, 3.05) is 6.54 Å². The topological polar surface area (TPSA) is 68.2 Å². The van der Waals surface area contributed by atoms with Gasteiger partial charge in [0.25, 0.3) is 0 Å². The Morgan fingerprint density at radius 1 is 1.77 bits per heavy atom. The Kier molecular flexibility index (Phi) is 3.45. The number of hydrazine groups is 1. The average molecular weight is 181 g/mol. The summed E-state index contributed by atoms with van der Waals surface area (Å²) in [6, 6.07) is 0. The van der Waals surface area contributed by atoms with Crippen molar-refractivity contribution in [1.82, 2.24) is 15.0 Å². The molecule has 3 N–H and O–H groups in total. The van der Waals surface area contributed by atoms with Crippen LogP contribution in [0, 0.1) is 0 Å². The lowest BCUT2D eigenvalue weighted by Crippen LogP contribution is -2.32. The Morgan fingerprint density at radius 3 is 3.00 bits per heavy atom. The third-order valence-corrected chi connectivity index (χ3v) is 1.69. The summed E-state index contributed by atoms with van der Waals surface area (Å²) in [5, 5.41) is 0. The molecule has 13 heavy (non-hydrogen) atoms. The van der Waals surface area contributed by atoms with Crippen molar-refractivity contribution < 1.29 is 0 Å². The molecule has 0 aromatic carbocycles. The Balaban J connectivity index is 2.84. The highest BCUT2D eigenvalue weighted by Gasteiger charge is 2.04. The van der Waals surface area contributed by atoms with Gasteiger partial charge >= 0.3 is 0 Å². The average Bonchev–Trinajstić information content (AvgIpc) is 2.54. The van der Waals surface area contributed by atoms with Crippen LogP contribution in [-0.2, 0) is 7.05 Å². The quantitative estimate of drug-likeness (QED) is 0.299. The van der Waals surface area contributed by atoms with Gasteiger partial charge < -0.3 is 9.99 Å². The maximum absolute atomic E-state index is 5.35. The number of hydrogen-bond donors (Lipinski definition) is 2. The van der Waals surface area contributed by atoms with Gasteiger partial charge in [0.05, 0.1) is 12.5 Å². The third kappa shape index (κ3) is 2.29. The van der Waals surface area contributed by atoms with Crippen molar-refractivity contribution in [3.63, 3.8) is 0 Å². The first kappa shape index (κ1) is 9.73. The number of amidine groups is 1. The van der Waals surface area contributed by atoms with E-state index in [0.717, 1.165) is 18.7 Å². The first-order valence-corrected chi connectivity index (χ1v) is 4.27. The molecule has 1 aromatic heterocycles. The van der Waals surface area contributed by atoms with Crippen LogP contribution in [0.2, 0.25) is 0 Å². The lowest BCUT2D eigenvalue weighted by atomic mass is 10.4. The van der Waals surface area contributed by atoms with Crippen molar-refractivity contribution in [2.45, 2.75) is 13.3 Å². The van der Waals surface area contributed by atoms with Gasteiger partial charge in [0.1, 0.15) is 5.69 Å². The number of aryl methyl sites for hydroxylation is 1. The second-order valence-corrected chi connectivity index (χ2v) is 2.76. The maximum atomic E-state index is 5.35. The smallest absolute Gasteiger partial charge is 0.161 e. The van der Waals surface area contributed by atoms with Gasteiger partial charge in [-0.3, -0.25) is 4.99 Å².